The largest absolute Gasteiger partial charge is 0.744 e. The summed E-state index contributed by atoms with van der Waals surface area (Å²) in [6.07, 6.45) is 4.90. The number of aryl methyl sites for hydroxylation is 6. The summed E-state index contributed by atoms with van der Waals surface area (Å²) in [5.41, 5.74) is 16.1. The van der Waals surface area contributed by atoms with Crippen molar-refractivity contribution < 1.29 is 93.1 Å². The fourth-order valence-corrected chi connectivity index (χ4v) is 16.4. The van der Waals surface area contributed by atoms with E-state index in [1.807, 2.05) is 148 Å². The van der Waals surface area contributed by atoms with Gasteiger partial charge in [-0.05, 0) is 212 Å². The minimum absolute atomic E-state index is 0. The van der Waals surface area contributed by atoms with E-state index in [9.17, 15) is 82.9 Å². The molecule has 14 aromatic carbocycles. The van der Waals surface area contributed by atoms with E-state index in [4.69, 9.17) is 10.2 Å². The van der Waals surface area contributed by atoms with Crippen molar-refractivity contribution in [3.8, 4) is 39.5 Å². The molecule has 17 rings (SSSR count). The van der Waals surface area contributed by atoms with Crippen LogP contribution in [0.4, 0.5) is 34.1 Å². The molecule has 3 aromatic heterocycles. The maximum absolute atomic E-state index is 11.7. The van der Waals surface area contributed by atoms with E-state index >= 15 is 0 Å². The molecular formula is C94H76N8O21S6-6. The van der Waals surface area contributed by atoms with Crippen molar-refractivity contribution >= 4 is 160 Å². The summed E-state index contributed by atoms with van der Waals surface area (Å²) in [6.45, 7) is 12.2. The molecule has 0 atom stereocenters. The molecule has 0 aliphatic rings. The van der Waals surface area contributed by atoms with Crippen molar-refractivity contribution in [2.45, 2.75) is 78.3 Å². The molecule has 0 aliphatic heterocycles. The first-order valence-corrected chi connectivity index (χ1v) is 46.5. The Morgan fingerprint density at radius 2 is 0.744 bits per heavy atom. The van der Waals surface area contributed by atoms with Crippen LogP contribution in [0.25, 0.3) is 87.3 Å². The highest BCUT2D eigenvalue weighted by Gasteiger charge is 2.20. The Balaban J connectivity index is 0.000000154. The number of fused-ring (bicyclic) bond motifs is 7. The van der Waals surface area contributed by atoms with Gasteiger partial charge in [0.15, 0.2) is 17.2 Å². The first-order valence-electron chi connectivity index (χ1n) is 38.0. The highest BCUT2D eigenvalue weighted by atomic mass is 32.2. The van der Waals surface area contributed by atoms with Crippen LogP contribution in [0, 0.1) is 41.5 Å². The minimum atomic E-state index is -5.20. The third-order valence-corrected chi connectivity index (χ3v) is 24.7. The van der Waals surface area contributed by atoms with Crippen molar-refractivity contribution in [2.24, 2.45) is 20.5 Å². The maximum Gasteiger partial charge on any atom is 0.175 e. The Morgan fingerprint density at radius 1 is 0.295 bits per heavy atom. The van der Waals surface area contributed by atoms with E-state index < -0.39 is 86.9 Å². The zero-order valence-electron chi connectivity index (χ0n) is 68.1. The van der Waals surface area contributed by atoms with Crippen molar-refractivity contribution in [3.05, 3.63) is 337 Å². The molecule has 17 aromatic rings. The van der Waals surface area contributed by atoms with Crippen molar-refractivity contribution in [1.29, 1.82) is 0 Å². The first kappa shape index (κ1) is 95.6. The molecule has 29 nitrogen and oxygen atoms in total. The van der Waals surface area contributed by atoms with Gasteiger partial charge in [0, 0.05) is 63.0 Å². The second-order valence-corrected chi connectivity index (χ2v) is 37.0. The predicted molar refractivity (Wildman–Crippen MR) is 487 cm³/mol. The number of nitrogens with one attached hydrogen (secondary N) is 1. The van der Waals surface area contributed by atoms with Crippen LogP contribution >= 0.6 is 0 Å². The second kappa shape index (κ2) is 39.9. The topological polar surface area (TPSA) is 504 Å². The number of aromatic nitrogens is 3. The van der Waals surface area contributed by atoms with Gasteiger partial charge in [-0.3, -0.25) is 15.0 Å². The highest BCUT2D eigenvalue weighted by Crippen LogP contribution is 2.42. The molecule has 0 radical (unpaired) electrons. The van der Waals surface area contributed by atoms with Gasteiger partial charge >= 0.3 is 0 Å². The number of aromatic hydroxyl groups is 3. The van der Waals surface area contributed by atoms with Crippen LogP contribution in [0.2, 0.25) is 0 Å². The molecule has 0 aliphatic carbocycles. The molecule has 35 heteroatoms. The van der Waals surface area contributed by atoms with Crippen LogP contribution in [-0.2, 0) is 60.7 Å². The fourth-order valence-electron chi connectivity index (χ4n) is 13.1. The van der Waals surface area contributed by atoms with E-state index in [-0.39, 0.29) is 50.5 Å². The van der Waals surface area contributed by atoms with Gasteiger partial charge in [0.05, 0.1) is 52.6 Å². The lowest BCUT2D eigenvalue weighted by Gasteiger charge is -2.14. The number of hydrogen-bond donors (Lipinski definition) is 4. The number of anilines is 2. The molecule has 0 unspecified atom stereocenters. The average molecular weight is 1850 g/mol. The van der Waals surface area contributed by atoms with Gasteiger partial charge in [-0.2, -0.15) is 5.11 Å². The smallest absolute Gasteiger partial charge is 0.175 e. The monoisotopic (exact) mass is 1840 g/mol. The Bertz CT molecular complexity index is 7910. The molecule has 0 spiro atoms. The molecule has 4 N–H and O–H groups in total. The summed E-state index contributed by atoms with van der Waals surface area (Å²) < 4.78 is 198. The van der Waals surface area contributed by atoms with Crippen LogP contribution in [0.3, 0.4) is 0 Å². The van der Waals surface area contributed by atoms with Crippen LogP contribution in [0.1, 0.15) is 40.8 Å². The minimum Gasteiger partial charge on any atom is -0.744 e. The molecule has 0 bridgehead atoms. The molecule has 3 heterocycles. The van der Waals surface area contributed by atoms with E-state index in [1.165, 1.54) is 89.1 Å². The SMILES string of the molecule is C.Cc1ccc(-c2ccnc3c2ccc2c(-c4ccc(S(=O)(=O)[O-])cc4)ccnc23)cc1.Cc1ccc(C)cc1.Cc1ccc(Nc2ccc3cc(S(=O)(=O)[O-])ccc3c2)cc1.Cc1ccc2ccccc2c1N=Nc1ccc(S(=O)(=O)[O-])cc1.Cc1cccc2c(N=Nc3cc(S(=O)(=O)[O-])c4cccnc4c3O)cccc12.O=S(=O)([O-])c1cc(O)c(O)c(S(=O)(=O)[O-])c1. The molecule has 0 saturated heterocycles. The predicted octanol–water partition coefficient (Wildman–Crippen LogP) is 20.2. The summed E-state index contributed by atoms with van der Waals surface area (Å²) in [4.78, 5) is 9.44. The summed E-state index contributed by atoms with van der Waals surface area (Å²) in [7, 11) is -28.4. The molecule has 0 saturated carbocycles. The van der Waals surface area contributed by atoms with Crippen molar-refractivity contribution in [3.63, 3.8) is 0 Å². The Hall–Kier alpha value is -14.1. The Labute approximate surface area is 743 Å². The van der Waals surface area contributed by atoms with Crippen molar-refractivity contribution in [2.75, 3.05) is 5.32 Å². The van der Waals surface area contributed by atoms with E-state index in [0.29, 0.717) is 22.8 Å². The number of phenols is 3. The number of hydrogen-bond acceptors (Lipinski definition) is 29. The normalized spacial score (nSPS) is 11.8. The average Bonchev–Trinajstić information content (AvgIpc) is 0.750. The van der Waals surface area contributed by atoms with Gasteiger partial charge in [-0.1, -0.05) is 193 Å². The molecule has 129 heavy (non-hydrogen) atoms. The third-order valence-electron chi connectivity index (χ3n) is 19.6. The fraction of sp³-hybridized carbons (Fsp3) is 0.0745. The quantitative estimate of drug-likeness (QED) is 0.0340. The molecule has 0 fully saturated rings. The summed E-state index contributed by atoms with van der Waals surface area (Å²) in [5, 5.41) is 55.8. The van der Waals surface area contributed by atoms with E-state index in [1.54, 1.807) is 42.7 Å². The van der Waals surface area contributed by atoms with Gasteiger partial charge in [-0.15, -0.1) is 15.3 Å². The number of phenolic OH excluding ortho intramolecular Hbond substituents is 3. The number of rotatable bonds is 14. The van der Waals surface area contributed by atoms with Gasteiger partial charge in [0.2, 0.25) is 0 Å². The van der Waals surface area contributed by atoms with Crippen LogP contribution in [0.5, 0.6) is 17.2 Å². The molecule has 660 valence electrons. The zero-order valence-corrected chi connectivity index (χ0v) is 73.0. The molecule has 0 amide bonds. The lowest BCUT2D eigenvalue weighted by molar-refractivity contribution is 0.384. The van der Waals surface area contributed by atoms with Crippen LogP contribution < -0.4 is 5.32 Å². The first-order chi connectivity index (χ1) is 60.5. The van der Waals surface area contributed by atoms with Gasteiger partial charge in [-0.25, -0.2) is 50.5 Å². The third kappa shape index (κ3) is 24.0. The number of azo groups is 2. The number of nitrogens with zero attached hydrogens (tertiary/aromatic N) is 7. The molecular weight excluding hydrogens is 1770 g/mol. The summed E-state index contributed by atoms with van der Waals surface area (Å²) >= 11 is 0. The summed E-state index contributed by atoms with van der Waals surface area (Å²) in [6, 6.07) is 81.7. The Kier molecular flexibility index (Phi) is 29.5. The van der Waals surface area contributed by atoms with Gasteiger partial charge in [0.25, 0.3) is 0 Å². The van der Waals surface area contributed by atoms with Gasteiger partial charge in [0.1, 0.15) is 76.8 Å². The van der Waals surface area contributed by atoms with Crippen LogP contribution in [0.15, 0.2) is 354 Å². The van der Waals surface area contributed by atoms with Gasteiger partial charge < -0.3 is 48.0 Å². The Morgan fingerprint density at radius 3 is 1.30 bits per heavy atom. The zero-order chi connectivity index (χ0) is 92.4. The lowest BCUT2D eigenvalue weighted by Crippen LogP contribution is -2.04. The number of benzene rings is 14. The summed E-state index contributed by atoms with van der Waals surface area (Å²) in [5.74, 6) is -2.84. The van der Waals surface area contributed by atoms with Crippen molar-refractivity contribution in [1.82, 2.24) is 15.0 Å². The second-order valence-electron chi connectivity index (χ2n) is 28.8. The number of pyridine rings is 3. The lowest BCUT2D eigenvalue weighted by atomic mass is 9.96. The van der Waals surface area contributed by atoms with Crippen LogP contribution in [-0.4, -0.2) is 108 Å². The standard InChI is InChI=1S/C25H18N2O3S.C20H15N3O4S.C17H14N2O3S.C17H15NO3S.C8H10.C6H6O8S2.CH4/c1-16-2-4-17(5-3-16)20-12-14-26-24-22(20)10-11-23-21(13-15-27-25(23)24)18-6-8-19(9-7-18)31(28,29)30;1-12-5-2-7-14-13(12)6-3-9-16(14)22-23-17-11-18(28(25,26)27)15-8-4-10-21-19(15)20(17)24;1-12-6-7-13-4-2-3-5-16(13)17(12)19-18-14-8-10-15(11-9-14)23(20,21)22;1-12-2-6-15(7-3-12)18-16-8-4-14-11-17(22(19,20)21)9-5-13(14)10-16;1-7-3-5-8(2)6-4-7;7-4-1-3(15(9,10)11)2-5(6(4)8)16(12,13)14;/h2-15H,1H3,(H,28,29,30);2-11,24H,1H3,(H,25,26,27);2-11H,1H3,(H,20,21,22);2-11,18H,1H3,(H,19,20,21);3-6H,1-2H3;1-2,7-8H,(H,9,10,11)(H,12,13,14);1H4/p-6. The highest BCUT2D eigenvalue weighted by molar-refractivity contribution is 7.87. The van der Waals surface area contributed by atoms with E-state index in [2.05, 4.69) is 110 Å². The maximum atomic E-state index is 11.7. The van der Waals surface area contributed by atoms with E-state index in [0.717, 1.165) is 105 Å².